The Hall–Kier alpha value is -2.45. The quantitative estimate of drug-likeness (QED) is 0.434. The molecule has 1 saturated heterocycles. The van der Waals surface area contributed by atoms with Crippen LogP contribution in [-0.4, -0.2) is 43.0 Å². The highest BCUT2D eigenvalue weighted by Crippen LogP contribution is 2.19. The molecule has 0 aliphatic carbocycles. The Balaban J connectivity index is 2.98. The summed E-state index contributed by atoms with van der Waals surface area (Å²) in [4.78, 5) is 40.3. The molecule has 8 heteroatoms. The van der Waals surface area contributed by atoms with E-state index in [1.807, 2.05) is 0 Å². The lowest BCUT2D eigenvalue weighted by molar-refractivity contribution is -0.232. The normalized spacial score (nSPS) is 22.9. The summed E-state index contributed by atoms with van der Waals surface area (Å²) in [5.41, 5.74) is 2.87. The number of hydrogen-bond donors (Lipinski definition) is 1. The van der Waals surface area contributed by atoms with E-state index in [1.54, 1.807) is 0 Å². The molecule has 1 fully saturated rings. The van der Waals surface area contributed by atoms with E-state index in [0.29, 0.717) is 0 Å². The van der Waals surface area contributed by atoms with Crippen molar-refractivity contribution in [3.8, 4) is 0 Å². The summed E-state index contributed by atoms with van der Waals surface area (Å²) in [6.45, 7) is 14.7. The van der Waals surface area contributed by atoms with Gasteiger partial charge in [-0.1, -0.05) is 19.7 Å². The van der Waals surface area contributed by atoms with Crippen LogP contribution < -0.4 is 5.48 Å². The van der Waals surface area contributed by atoms with Crippen molar-refractivity contribution in [1.29, 1.82) is 0 Å². The number of esters is 3. The second-order valence-corrected chi connectivity index (χ2v) is 5.41. The summed E-state index contributed by atoms with van der Waals surface area (Å²) in [5, 5.41) is 0. The average molecular weight is 339 g/mol. The fourth-order valence-electron chi connectivity index (χ4n) is 1.58. The van der Waals surface area contributed by atoms with Gasteiger partial charge in [0.05, 0.1) is 0 Å². The van der Waals surface area contributed by atoms with Gasteiger partial charge in [-0.2, -0.15) is 5.48 Å². The first-order valence-corrected chi connectivity index (χ1v) is 7.10. The molecule has 1 aliphatic heterocycles. The molecule has 0 aromatic rings. The summed E-state index contributed by atoms with van der Waals surface area (Å²) in [6.07, 6.45) is -3.31. The van der Waals surface area contributed by atoms with E-state index in [-0.39, 0.29) is 23.3 Å². The van der Waals surface area contributed by atoms with E-state index >= 15 is 0 Å². The molecule has 0 aromatic heterocycles. The van der Waals surface area contributed by atoms with Gasteiger partial charge in [0.15, 0.2) is 12.2 Å². The van der Waals surface area contributed by atoms with Crippen LogP contribution in [0.25, 0.3) is 0 Å². The van der Waals surface area contributed by atoms with Crippen LogP contribution in [0.1, 0.15) is 20.8 Å². The van der Waals surface area contributed by atoms with Gasteiger partial charge in [0.1, 0.15) is 6.61 Å². The Morgan fingerprint density at radius 3 is 1.83 bits per heavy atom. The van der Waals surface area contributed by atoms with Gasteiger partial charge in [-0.25, -0.2) is 14.4 Å². The zero-order valence-corrected chi connectivity index (χ0v) is 13.9. The van der Waals surface area contributed by atoms with Crippen molar-refractivity contribution in [2.75, 3.05) is 6.61 Å². The van der Waals surface area contributed by atoms with E-state index in [2.05, 4.69) is 25.2 Å². The molecular formula is C16H21NO7. The van der Waals surface area contributed by atoms with Crippen LogP contribution in [0.3, 0.4) is 0 Å². The van der Waals surface area contributed by atoms with Crippen molar-refractivity contribution >= 4 is 17.9 Å². The molecule has 0 unspecified atom stereocenters. The summed E-state index contributed by atoms with van der Waals surface area (Å²) < 4.78 is 15.6. The van der Waals surface area contributed by atoms with Crippen molar-refractivity contribution < 1.29 is 33.4 Å². The molecule has 8 nitrogen and oxygen atoms in total. The maximum Gasteiger partial charge on any atom is 0.334 e. The molecule has 1 N–H and O–H groups in total. The zero-order valence-electron chi connectivity index (χ0n) is 13.9. The molecule has 0 bridgehead atoms. The van der Waals surface area contributed by atoms with Crippen LogP contribution >= 0.6 is 0 Å². The van der Waals surface area contributed by atoms with Gasteiger partial charge < -0.3 is 14.2 Å². The highest BCUT2D eigenvalue weighted by atomic mass is 16.7. The van der Waals surface area contributed by atoms with Gasteiger partial charge in [0, 0.05) is 16.7 Å². The number of carbonyl (C=O) groups excluding carboxylic acids is 3. The maximum atomic E-state index is 11.8. The van der Waals surface area contributed by atoms with Crippen LogP contribution in [0.15, 0.2) is 36.5 Å². The minimum atomic E-state index is -1.19. The molecule has 0 radical (unpaired) electrons. The predicted octanol–water partition coefficient (Wildman–Crippen LogP) is 0.942. The minimum absolute atomic E-state index is 0.117. The van der Waals surface area contributed by atoms with Crippen LogP contribution in [0, 0.1) is 0 Å². The van der Waals surface area contributed by atoms with E-state index in [4.69, 9.17) is 19.0 Å². The largest absolute Gasteiger partial charge is 0.452 e. The van der Waals surface area contributed by atoms with Crippen molar-refractivity contribution in [2.45, 2.75) is 39.2 Å². The third-order valence-corrected chi connectivity index (χ3v) is 2.89. The van der Waals surface area contributed by atoms with E-state index in [9.17, 15) is 14.4 Å². The SMILES string of the molecule is C=C(C)C(=O)O[C@@H]1[C@H](OC(=O)C(=C)C)CON[C@H]1OC(=O)C(=C)C. The third kappa shape index (κ3) is 5.32. The first kappa shape index (κ1) is 19.6. The van der Waals surface area contributed by atoms with Gasteiger partial charge in [0.25, 0.3) is 0 Å². The topological polar surface area (TPSA) is 100 Å². The standard InChI is InChI=1S/C16H21NO7/c1-8(2)14(18)22-11-7-21-17-13(24-16(20)10(5)6)12(11)23-15(19)9(3)4/h11-13,17H,1,3,5,7H2,2,4,6H3/t11-,12-,13+/m1/s1. The molecule has 1 heterocycles. The number of ether oxygens (including phenoxy) is 3. The van der Waals surface area contributed by atoms with Gasteiger partial charge >= 0.3 is 17.9 Å². The van der Waals surface area contributed by atoms with Crippen LogP contribution in [0.4, 0.5) is 0 Å². The molecule has 3 atom stereocenters. The molecule has 0 aromatic carbocycles. The second-order valence-electron chi connectivity index (χ2n) is 5.41. The summed E-state index contributed by atoms with van der Waals surface area (Å²) in [7, 11) is 0. The number of rotatable bonds is 6. The molecule has 0 spiro atoms. The Morgan fingerprint density at radius 2 is 1.33 bits per heavy atom. The van der Waals surface area contributed by atoms with Gasteiger partial charge in [-0.3, -0.25) is 4.84 Å². The summed E-state index contributed by atoms with van der Waals surface area (Å²) in [6, 6.07) is 0. The Morgan fingerprint density at radius 1 is 0.875 bits per heavy atom. The Labute approximate surface area is 140 Å². The van der Waals surface area contributed by atoms with Crippen molar-refractivity contribution in [1.82, 2.24) is 5.48 Å². The zero-order chi connectivity index (χ0) is 18.4. The smallest absolute Gasteiger partial charge is 0.334 e. The van der Waals surface area contributed by atoms with Crippen molar-refractivity contribution in [2.24, 2.45) is 0 Å². The minimum Gasteiger partial charge on any atom is -0.452 e. The van der Waals surface area contributed by atoms with E-state index in [1.165, 1.54) is 20.8 Å². The van der Waals surface area contributed by atoms with E-state index < -0.39 is 36.3 Å². The first-order valence-electron chi connectivity index (χ1n) is 7.10. The monoisotopic (exact) mass is 339 g/mol. The lowest BCUT2D eigenvalue weighted by Crippen LogP contribution is -2.58. The highest BCUT2D eigenvalue weighted by Gasteiger charge is 2.42. The molecular weight excluding hydrogens is 318 g/mol. The Kier molecular flexibility index (Phi) is 6.87. The molecule has 1 rings (SSSR count). The fraction of sp³-hybridized carbons (Fsp3) is 0.438. The van der Waals surface area contributed by atoms with Gasteiger partial charge in [0.2, 0.25) is 6.23 Å². The lowest BCUT2D eigenvalue weighted by atomic mass is 10.1. The number of nitrogens with one attached hydrogen (secondary N) is 1. The number of hydroxylamine groups is 1. The Bertz CT molecular complexity index is 545. The van der Waals surface area contributed by atoms with Gasteiger partial charge in [-0.05, 0) is 20.8 Å². The molecule has 0 saturated carbocycles. The third-order valence-electron chi connectivity index (χ3n) is 2.89. The van der Waals surface area contributed by atoms with Crippen molar-refractivity contribution in [3.63, 3.8) is 0 Å². The average Bonchev–Trinajstić information content (AvgIpc) is 2.49. The highest BCUT2D eigenvalue weighted by molar-refractivity contribution is 5.88. The first-order chi connectivity index (χ1) is 11.1. The van der Waals surface area contributed by atoms with Crippen molar-refractivity contribution in [3.05, 3.63) is 36.5 Å². The van der Waals surface area contributed by atoms with E-state index in [0.717, 1.165) is 0 Å². The molecule has 132 valence electrons. The van der Waals surface area contributed by atoms with Crippen LogP contribution in [-0.2, 0) is 33.4 Å². The van der Waals surface area contributed by atoms with Crippen LogP contribution in [0.2, 0.25) is 0 Å². The summed E-state index contributed by atoms with van der Waals surface area (Å²) >= 11 is 0. The van der Waals surface area contributed by atoms with Crippen LogP contribution in [0.5, 0.6) is 0 Å². The summed E-state index contributed by atoms with van der Waals surface area (Å²) in [5.74, 6) is -2.14. The molecule has 1 aliphatic rings. The lowest BCUT2D eigenvalue weighted by Gasteiger charge is -2.36. The number of carbonyl (C=O) groups is 3. The fourth-order valence-corrected chi connectivity index (χ4v) is 1.58. The molecule has 0 amide bonds. The second kappa shape index (κ2) is 8.42. The molecule has 24 heavy (non-hydrogen) atoms. The number of hydrogen-bond acceptors (Lipinski definition) is 8. The maximum absolute atomic E-state index is 11.8. The predicted molar refractivity (Wildman–Crippen MR) is 83.2 cm³/mol. The van der Waals surface area contributed by atoms with Gasteiger partial charge in [-0.15, -0.1) is 0 Å².